The molecule has 0 bridgehead atoms. The molecule has 3 rings (SSSR count). The average molecular weight is 287 g/mol. The molecule has 0 fully saturated rings. The zero-order valence-corrected chi connectivity index (χ0v) is 11.9. The van der Waals surface area contributed by atoms with Gasteiger partial charge < -0.3 is 15.2 Å². The van der Waals surface area contributed by atoms with Gasteiger partial charge in [-0.25, -0.2) is 4.39 Å². The highest BCUT2D eigenvalue weighted by Crippen LogP contribution is 2.33. The van der Waals surface area contributed by atoms with Gasteiger partial charge in [-0.2, -0.15) is 0 Å². The van der Waals surface area contributed by atoms with Crippen LogP contribution in [0.25, 0.3) is 0 Å². The molecular formula is C17H18FNO2. The van der Waals surface area contributed by atoms with E-state index in [9.17, 15) is 4.39 Å². The highest BCUT2D eigenvalue weighted by atomic mass is 19.1. The van der Waals surface area contributed by atoms with Gasteiger partial charge in [-0.05, 0) is 47.9 Å². The minimum Gasteiger partial charge on any atom is -0.490 e. The van der Waals surface area contributed by atoms with Gasteiger partial charge in [0.2, 0.25) is 0 Å². The van der Waals surface area contributed by atoms with Crippen LogP contribution < -0.4 is 15.2 Å². The van der Waals surface area contributed by atoms with Crippen molar-refractivity contribution in [1.82, 2.24) is 0 Å². The lowest BCUT2D eigenvalue weighted by Crippen LogP contribution is -2.13. The lowest BCUT2D eigenvalue weighted by molar-refractivity contribution is 0.297. The summed E-state index contributed by atoms with van der Waals surface area (Å²) in [5.74, 6) is 1.22. The Kier molecular flexibility index (Phi) is 3.80. The van der Waals surface area contributed by atoms with Crippen molar-refractivity contribution in [2.24, 2.45) is 5.73 Å². The van der Waals surface area contributed by atoms with Gasteiger partial charge in [-0.15, -0.1) is 0 Å². The van der Waals surface area contributed by atoms with Gasteiger partial charge >= 0.3 is 0 Å². The zero-order valence-electron chi connectivity index (χ0n) is 11.9. The van der Waals surface area contributed by atoms with Gasteiger partial charge in [0.05, 0.1) is 19.3 Å². The van der Waals surface area contributed by atoms with Gasteiger partial charge in [0.25, 0.3) is 0 Å². The number of halogens is 1. The maximum absolute atomic E-state index is 13.2. The van der Waals surface area contributed by atoms with Crippen molar-refractivity contribution in [3.63, 3.8) is 0 Å². The molecule has 4 heteroatoms. The van der Waals surface area contributed by atoms with E-state index in [4.69, 9.17) is 15.2 Å². The van der Waals surface area contributed by atoms with E-state index in [-0.39, 0.29) is 11.9 Å². The normalized spacial score (nSPS) is 15.4. The van der Waals surface area contributed by atoms with Crippen molar-refractivity contribution < 1.29 is 13.9 Å². The van der Waals surface area contributed by atoms with Crippen molar-refractivity contribution in [2.45, 2.75) is 19.4 Å². The van der Waals surface area contributed by atoms with Crippen molar-refractivity contribution in [3.8, 4) is 11.5 Å². The lowest BCUT2D eigenvalue weighted by Gasteiger charge is -2.17. The maximum atomic E-state index is 13.2. The van der Waals surface area contributed by atoms with E-state index in [1.807, 2.05) is 25.1 Å². The SMILES string of the molecule is Cc1cc(F)ccc1C(N)c1ccc2c(c1)OCCCO2. The third-order valence-electron chi connectivity index (χ3n) is 3.70. The van der Waals surface area contributed by atoms with Gasteiger partial charge in [-0.1, -0.05) is 12.1 Å². The Hall–Kier alpha value is -2.07. The molecule has 0 radical (unpaired) electrons. The molecule has 0 amide bonds. The number of fused-ring (bicyclic) bond motifs is 1. The molecule has 0 saturated heterocycles. The molecule has 1 unspecified atom stereocenters. The molecule has 21 heavy (non-hydrogen) atoms. The lowest BCUT2D eigenvalue weighted by atomic mass is 9.95. The Balaban J connectivity index is 1.94. The van der Waals surface area contributed by atoms with E-state index in [2.05, 4.69) is 0 Å². The van der Waals surface area contributed by atoms with Crippen LogP contribution in [0.4, 0.5) is 4.39 Å². The molecular weight excluding hydrogens is 269 g/mol. The van der Waals surface area contributed by atoms with E-state index in [1.165, 1.54) is 12.1 Å². The number of aryl methyl sites for hydroxylation is 1. The Morgan fingerprint density at radius 3 is 2.57 bits per heavy atom. The number of nitrogens with two attached hydrogens (primary N) is 1. The summed E-state index contributed by atoms with van der Waals surface area (Å²) in [5, 5.41) is 0. The summed E-state index contributed by atoms with van der Waals surface area (Å²) >= 11 is 0. The molecule has 1 heterocycles. The Morgan fingerprint density at radius 1 is 1.05 bits per heavy atom. The smallest absolute Gasteiger partial charge is 0.161 e. The Morgan fingerprint density at radius 2 is 1.81 bits per heavy atom. The van der Waals surface area contributed by atoms with E-state index in [0.717, 1.165) is 34.6 Å². The highest BCUT2D eigenvalue weighted by molar-refractivity contribution is 5.47. The summed E-state index contributed by atoms with van der Waals surface area (Å²) in [4.78, 5) is 0. The first-order valence-corrected chi connectivity index (χ1v) is 7.06. The number of ether oxygens (including phenoxy) is 2. The summed E-state index contributed by atoms with van der Waals surface area (Å²) in [6, 6.07) is 10.1. The third kappa shape index (κ3) is 2.85. The van der Waals surface area contributed by atoms with Gasteiger partial charge in [0.15, 0.2) is 11.5 Å². The van der Waals surface area contributed by atoms with E-state index >= 15 is 0 Å². The van der Waals surface area contributed by atoms with E-state index in [1.54, 1.807) is 6.07 Å². The Bertz CT molecular complexity index is 657. The maximum Gasteiger partial charge on any atom is 0.161 e. The molecule has 2 aromatic rings. The molecule has 110 valence electrons. The first-order valence-electron chi connectivity index (χ1n) is 7.06. The molecule has 1 atom stereocenters. The second-order valence-corrected chi connectivity index (χ2v) is 5.24. The molecule has 1 aliphatic rings. The molecule has 2 aromatic carbocycles. The predicted octanol–water partition coefficient (Wildman–Crippen LogP) is 3.34. The summed E-state index contributed by atoms with van der Waals surface area (Å²) in [6.07, 6.45) is 0.868. The zero-order chi connectivity index (χ0) is 14.8. The van der Waals surface area contributed by atoms with Gasteiger partial charge in [0, 0.05) is 6.42 Å². The van der Waals surface area contributed by atoms with Crippen molar-refractivity contribution in [2.75, 3.05) is 13.2 Å². The molecule has 2 N–H and O–H groups in total. The van der Waals surface area contributed by atoms with Crippen LogP contribution >= 0.6 is 0 Å². The van der Waals surface area contributed by atoms with Crippen molar-refractivity contribution in [1.29, 1.82) is 0 Å². The highest BCUT2D eigenvalue weighted by Gasteiger charge is 2.16. The van der Waals surface area contributed by atoms with Crippen LogP contribution in [0, 0.1) is 12.7 Å². The van der Waals surface area contributed by atoms with Crippen LogP contribution in [0.2, 0.25) is 0 Å². The molecule has 0 spiro atoms. The molecule has 1 aliphatic heterocycles. The van der Waals surface area contributed by atoms with Crippen molar-refractivity contribution in [3.05, 3.63) is 58.9 Å². The van der Waals surface area contributed by atoms with Crippen LogP contribution in [0.15, 0.2) is 36.4 Å². The molecule has 0 aromatic heterocycles. The summed E-state index contributed by atoms with van der Waals surface area (Å²) in [6.45, 7) is 3.16. The fourth-order valence-corrected chi connectivity index (χ4v) is 2.54. The molecule has 0 aliphatic carbocycles. The quantitative estimate of drug-likeness (QED) is 0.921. The van der Waals surface area contributed by atoms with Crippen molar-refractivity contribution >= 4 is 0 Å². The number of hydrogen-bond acceptors (Lipinski definition) is 3. The molecule has 3 nitrogen and oxygen atoms in total. The largest absolute Gasteiger partial charge is 0.490 e. The van der Waals surface area contributed by atoms with Crippen LogP contribution in [-0.4, -0.2) is 13.2 Å². The standard InChI is InChI=1S/C17H18FNO2/c1-11-9-13(18)4-5-14(11)17(19)12-3-6-15-16(10-12)21-8-2-7-20-15/h3-6,9-10,17H,2,7-8,19H2,1H3. The number of hydrogen-bond donors (Lipinski definition) is 1. The topological polar surface area (TPSA) is 44.5 Å². The van der Waals surface area contributed by atoms with E-state index in [0.29, 0.717) is 13.2 Å². The summed E-state index contributed by atoms with van der Waals surface area (Å²) in [5.41, 5.74) is 9.00. The van der Waals surface area contributed by atoms with E-state index < -0.39 is 0 Å². The Labute approximate surface area is 123 Å². The number of rotatable bonds is 2. The first-order chi connectivity index (χ1) is 10.1. The predicted molar refractivity (Wildman–Crippen MR) is 79.2 cm³/mol. The third-order valence-corrected chi connectivity index (χ3v) is 3.70. The van der Waals surface area contributed by atoms with Crippen LogP contribution in [0.5, 0.6) is 11.5 Å². The average Bonchev–Trinajstić information content (AvgIpc) is 2.71. The van der Waals surface area contributed by atoms with Crippen LogP contribution in [-0.2, 0) is 0 Å². The summed E-state index contributed by atoms with van der Waals surface area (Å²) < 4.78 is 24.5. The minimum absolute atomic E-state index is 0.248. The summed E-state index contributed by atoms with van der Waals surface area (Å²) in [7, 11) is 0. The minimum atomic E-state index is -0.317. The second-order valence-electron chi connectivity index (χ2n) is 5.24. The second kappa shape index (κ2) is 5.74. The monoisotopic (exact) mass is 287 g/mol. The number of benzene rings is 2. The molecule has 0 saturated carbocycles. The van der Waals surface area contributed by atoms with Gasteiger partial charge in [-0.3, -0.25) is 0 Å². The first kappa shape index (κ1) is 13.9. The fraction of sp³-hybridized carbons (Fsp3) is 0.294. The van der Waals surface area contributed by atoms with Gasteiger partial charge in [0.1, 0.15) is 5.82 Å². The van der Waals surface area contributed by atoms with Crippen LogP contribution in [0.1, 0.15) is 29.2 Å². The van der Waals surface area contributed by atoms with Crippen LogP contribution in [0.3, 0.4) is 0 Å². The fourth-order valence-electron chi connectivity index (χ4n) is 2.54.